The Kier molecular flexibility index (Phi) is 5.48. The summed E-state index contributed by atoms with van der Waals surface area (Å²) in [5, 5.41) is 8.70. The molecule has 2 aromatic carbocycles. The molecule has 0 aliphatic carbocycles. The standard InChI is InChI=1S/C20H19N5O3S/c1-25-12-21-24-20(25)29-11-13-2-4-14(5-3-13)18(26)22-23-19(27)16-6-7-17-15(10-16)8-9-28-17/h2-7,10,12H,8-9,11H2,1H3,(H,22,26)(H,23,27). The first-order chi connectivity index (χ1) is 14.1. The maximum absolute atomic E-state index is 12.3. The Morgan fingerprint density at radius 3 is 2.55 bits per heavy atom. The normalized spacial score (nSPS) is 12.2. The number of carbonyl (C=O) groups is 2. The number of hydrazine groups is 1. The van der Waals surface area contributed by atoms with E-state index in [0.29, 0.717) is 23.5 Å². The van der Waals surface area contributed by atoms with Crippen molar-refractivity contribution in [1.82, 2.24) is 25.6 Å². The van der Waals surface area contributed by atoms with Crippen LogP contribution >= 0.6 is 11.8 Å². The molecule has 0 saturated heterocycles. The zero-order chi connectivity index (χ0) is 20.2. The lowest BCUT2D eigenvalue weighted by atomic mass is 10.1. The third-order valence-corrected chi connectivity index (χ3v) is 5.60. The van der Waals surface area contributed by atoms with Gasteiger partial charge in [0, 0.05) is 30.3 Å². The lowest BCUT2D eigenvalue weighted by molar-refractivity contribution is 0.0846. The summed E-state index contributed by atoms with van der Waals surface area (Å²) in [5.41, 5.74) is 7.89. The number of thioether (sulfide) groups is 1. The number of rotatable bonds is 5. The molecule has 1 aliphatic heterocycles. The molecular weight excluding hydrogens is 390 g/mol. The van der Waals surface area contributed by atoms with Crippen LogP contribution in [0, 0.1) is 0 Å². The van der Waals surface area contributed by atoms with Gasteiger partial charge in [-0.3, -0.25) is 20.4 Å². The number of amides is 2. The maximum Gasteiger partial charge on any atom is 0.269 e. The molecule has 29 heavy (non-hydrogen) atoms. The molecule has 3 aromatic rings. The van der Waals surface area contributed by atoms with Crippen LogP contribution in [0.4, 0.5) is 0 Å². The average molecular weight is 409 g/mol. The van der Waals surface area contributed by atoms with Crippen LogP contribution in [-0.4, -0.2) is 33.2 Å². The SMILES string of the molecule is Cn1cnnc1SCc1ccc(C(=O)NNC(=O)c2ccc3c(c2)CCO3)cc1. The molecule has 4 rings (SSSR count). The van der Waals surface area contributed by atoms with Gasteiger partial charge in [0.1, 0.15) is 12.1 Å². The fraction of sp³-hybridized carbons (Fsp3) is 0.200. The number of nitrogens with one attached hydrogen (secondary N) is 2. The van der Waals surface area contributed by atoms with Crippen LogP contribution in [0.15, 0.2) is 53.9 Å². The molecule has 8 nitrogen and oxygen atoms in total. The molecule has 148 valence electrons. The van der Waals surface area contributed by atoms with Crippen molar-refractivity contribution in [2.75, 3.05) is 6.61 Å². The number of aromatic nitrogens is 3. The highest BCUT2D eigenvalue weighted by Crippen LogP contribution is 2.25. The number of nitrogens with zero attached hydrogens (tertiary/aromatic N) is 3. The van der Waals surface area contributed by atoms with Crippen molar-refractivity contribution in [3.05, 3.63) is 71.0 Å². The Labute approximate surface area is 171 Å². The molecule has 9 heteroatoms. The van der Waals surface area contributed by atoms with Gasteiger partial charge in [0.2, 0.25) is 0 Å². The molecule has 1 aromatic heterocycles. The van der Waals surface area contributed by atoms with Gasteiger partial charge in [0.25, 0.3) is 11.8 Å². The van der Waals surface area contributed by atoms with Crippen molar-refractivity contribution in [3.63, 3.8) is 0 Å². The first-order valence-corrected chi connectivity index (χ1v) is 10.0. The summed E-state index contributed by atoms with van der Waals surface area (Å²) >= 11 is 1.56. The number of hydrogen-bond acceptors (Lipinski definition) is 6. The molecule has 2 amide bonds. The quantitative estimate of drug-likeness (QED) is 0.495. The van der Waals surface area contributed by atoms with Gasteiger partial charge >= 0.3 is 0 Å². The predicted molar refractivity (Wildman–Crippen MR) is 108 cm³/mol. The summed E-state index contributed by atoms with van der Waals surface area (Å²) in [5.74, 6) is 0.774. The van der Waals surface area contributed by atoms with E-state index >= 15 is 0 Å². The molecule has 0 radical (unpaired) electrons. The summed E-state index contributed by atoms with van der Waals surface area (Å²) in [6.45, 7) is 0.629. The Bertz CT molecular complexity index is 1050. The first kappa shape index (κ1) is 19.0. The smallest absolute Gasteiger partial charge is 0.269 e. The number of hydrogen-bond donors (Lipinski definition) is 2. The van der Waals surface area contributed by atoms with E-state index in [2.05, 4.69) is 21.0 Å². The van der Waals surface area contributed by atoms with Crippen LogP contribution in [0.1, 0.15) is 31.8 Å². The van der Waals surface area contributed by atoms with E-state index in [1.807, 2.05) is 23.7 Å². The summed E-state index contributed by atoms with van der Waals surface area (Å²) < 4.78 is 7.28. The van der Waals surface area contributed by atoms with Crippen LogP contribution in [0.5, 0.6) is 5.75 Å². The van der Waals surface area contributed by atoms with Crippen molar-refractivity contribution >= 4 is 23.6 Å². The second kappa shape index (κ2) is 8.36. The molecular formula is C20H19N5O3S. The van der Waals surface area contributed by atoms with Gasteiger partial charge in [-0.2, -0.15) is 0 Å². The van der Waals surface area contributed by atoms with E-state index in [4.69, 9.17) is 4.74 Å². The van der Waals surface area contributed by atoms with E-state index in [-0.39, 0.29) is 11.8 Å². The fourth-order valence-electron chi connectivity index (χ4n) is 2.89. The molecule has 0 saturated carbocycles. The monoisotopic (exact) mass is 409 g/mol. The van der Waals surface area contributed by atoms with Crippen LogP contribution in [0.2, 0.25) is 0 Å². The zero-order valence-corrected chi connectivity index (χ0v) is 16.5. The van der Waals surface area contributed by atoms with Crippen molar-refractivity contribution in [2.45, 2.75) is 17.3 Å². The van der Waals surface area contributed by atoms with Crippen molar-refractivity contribution in [1.29, 1.82) is 0 Å². The van der Waals surface area contributed by atoms with E-state index in [9.17, 15) is 9.59 Å². The van der Waals surface area contributed by atoms with Crippen LogP contribution in [0.3, 0.4) is 0 Å². The number of aryl methyl sites for hydroxylation is 1. The number of ether oxygens (including phenoxy) is 1. The van der Waals surface area contributed by atoms with Gasteiger partial charge in [-0.05, 0) is 41.5 Å². The Balaban J connectivity index is 1.30. The molecule has 2 heterocycles. The summed E-state index contributed by atoms with van der Waals surface area (Å²) in [6, 6.07) is 12.4. The first-order valence-electron chi connectivity index (χ1n) is 9.02. The second-order valence-electron chi connectivity index (χ2n) is 6.54. The van der Waals surface area contributed by atoms with Crippen LogP contribution in [-0.2, 0) is 19.2 Å². The Hall–Kier alpha value is -3.33. The maximum atomic E-state index is 12.3. The van der Waals surface area contributed by atoms with Gasteiger partial charge in [0.05, 0.1) is 6.61 Å². The topological polar surface area (TPSA) is 98.1 Å². The Morgan fingerprint density at radius 2 is 1.83 bits per heavy atom. The number of benzene rings is 2. The van der Waals surface area contributed by atoms with Crippen LogP contribution in [0.25, 0.3) is 0 Å². The van der Waals surface area contributed by atoms with Crippen LogP contribution < -0.4 is 15.6 Å². The summed E-state index contributed by atoms with van der Waals surface area (Å²) in [4.78, 5) is 24.6. The highest BCUT2D eigenvalue weighted by atomic mass is 32.2. The van der Waals surface area contributed by atoms with Gasteiger partial charge in [0.15, 0.2) is 5.16 Å². The minimum atomic E-state index is -0.379. The van der Waals surface area contributed by atoms with Gasteiger partial charge in [-0.25, -0.2) is 0 Å². The molecule has 1 aliphatic rings. The Morgan fingerprint density at radius 1 is 1.10 bits per heavy atom. The highest BCUT2D eigenvalue weighted by molar-refractivity contribution is 7.98. The van der Waals surface area contributed by atoms with Gasteiger partial charge in [-0.1, -0.05) is 23.9 Å². The third kappa shape index (κ3) is 4.40. The average Bonchev–Trinajstić information content (AvgIpc) is 3.38. The second-order valence-corrected chi connectivity index (χ2v) is 7.48. The predicted octanol–water partition coefficient (Wildman–Crippen LogP) is 2.12. The molecule has 0 unspecified atom stereocenters. The molecule has 0 bridgehead atoms. The van der Waals surface area contributed by atoms with Crippen molar-refractivity contribution < 1.29 is 14.3 Å². The molecule has 0 atom stereocenters. The minimum Gasteiger partial charge on any atom is -0.493 e. The highest BCUT2D eigenvalue weighted by Gasteiger charge is 2.15. The number of fused-ring (bicyclic) bond motifs is 1. The van der Waals surface area contributed by atoms with E-state index < -0.39 is 0 Å². The van der Waals surface area contributed by atoms with Crippen molar-refractivity contribution in [3.8, 4) is 5.75 Å². The van der Waals surface area contributed by atoms with E-state index in [1.165, 1.54) is 0 Å². The van der Waals surface area contributed by atoms with Gasteiger partial charge < -0.3 is 9.30 Å². The molecule has 0 fully saturated rings. The summed E-state index contributed by atoms with van der Waals surface area (Å²) in [6.07, 6.45) is 2.44. The third-order valence-electron chi connectivity index (χ3n) is 4.50. The molecule has 2 N–H and O–H groups in total. The fourth-order valence-corrected chi connectivity index (χ4v) is 3.73. The zero-order valence-electron chi connectivity index (χ0n) is 15.7. The van der Waals surface area contributed by atoms with E-state index in [1.54, 1.807) is 48.4 Å². The van der Waals surface area contributed by atoms with E-state index in [0.717, 1.165) is 28.5 Å². The van der Waals surface area contributed by atoms with Gasteiger partial charge in [-0.15, -0.1) is 10.2 Å². The lowest BCUT2D eigenvalue weighted by Crippen LogP contribution is -2.41. The number of carbonyl (C=O) groups excluding carboxylic acids is 2. The lowest BCUT2D eigenvalue weighted by Gasteiger charge is -2.09. The molecule has 0 spiro atoms. The minimum absolute atomic E-state index is 0.371. The summed E-state index contributed by atoms with van der Waals surface area (Å²) in [7, 11) is 1.89. The van der Waals surface area contributed by atoms with Crippen molar-refractivity contribution in [2.24, 2.45) is 7.05 Å². The largest absolute Gasteiger partial charge is 0.493 e.